The van der Waals surface area contributed by atoms with E-state index in [1.54, 1.807) is 14.2 Å². The number of hydrogen-bond acceptors (Lipinski definition) is 5. The molecule has 156 valence electrons. The molecule has 2 rings (SSSR count). The third-order valence-electron chi connectivity index (χ3n) is 4.21. The lowest BCUT2D eigenvalue weighted by molar-refractivity contribution is 0.368. The van der Waals surface area contributed by atoms with E-state index in [0.29, 0.717) is 5.89 Å². The molecular formula is C20H32IN5O2. The average molecular weight is 501 g/mol. The zero-order chi connectivity index (χ0) is 19.6. The summed E-state index contributed by atoms with van der Waals surface area (Å²) in [7, 11) is 3.48. The van der Waals surface area contributed by atoms with Crippen LogP contribution in [0.25, 0.3) is 0 Å². The smallest absolute Gasteiger partial charge is 0.226 e. The molecule has 0 spiro atoms. The maximum atomic E-state index is 5.43. The van der Waals surface area contributed by atoms with Crippen molar-refractivity contribution < 1.29 is 9.26 Å². The molecule has 0 saturated heterocycles. The monoisotopic (exact) mass is 501 g/mol. The SMILES string of the molecule is CN=C(NCCCc1nc(C(C)C)no1)NCCc1cc(C)ccc1OC.I. The molecule has 0 aliphatic heterocycles. The first kappa shape index (κ1) is 24.2. The van der Waals surface area contributed by atoms with E-state index < -0.39 is 0 Å². The van der Waals surface area contributed by atoms with Gasteiger partial charge in [0.2, 0.25) is 5.89 Å². The molecule has 0 aliphatic carbocycles. The van der Waals surface area contributed by atoms with Gasteiger partial charge in [0.05, 0.1) is 7.11 Å². The number of nitrogens with one attached hydrogen (secondary N) is 2. The Bertz CT molecular complexity index is 746. The molecule has 0 aliphatic rings. The molecule has 0 fully saturated rings. The summed E-state index contributed by atoms with van der Waals surface area (Å²) in [5.74, 6) is 3.45. The van der Waals surface area contributed by atoms with Crippen LogP contribution in [-0.4, -0.2) is 43.3 Å². The largest absolute Gasteiger partial charge is 0.496 e. The fourth-order valence-electron chi connectivity index (χ4n) is 2.69. The van der Waals surface area contributed by atoms with Crippen LogP contribution in [0, 0.1) is 6.92 Å². The molecule has 7 nitrogen and oxygen atoms in total. The normalized spacial score (nSPS) is 11.3. The van der Waals surface area contributed by atoms with Gasteiger partial charge in [0.1, 0.15) is 5.75 Å². The van der Waals surface area contributed by atoms with Gasteiger partial charge in [0.15, 0.2) is 11.8 Å². The summed E-state index contributed by atoms with van der Waals surface area (Å²) in [6.07, 6.45) is 2.52. The zero-order valence-electron chi connectivity index (χ0n) is 17.4. The minimum atomic E-state index is 0. The van der Waals surface area contributed by atoms with Crippen molar-refractivity contribution in [1.82, 2.24) is 20.8 Å². The first-order valence-electron chi connectivity index (χ1n) is 9.44. The second-order valence-corrected chi connectivity index (χ2v) is 6.80. The van der Waals surface area contributed by atoms with Gasteiger partial charge in [-0.1, -0.05) is 36.7 Å². The molecule has 2 N–H and O–H groups in total. The topological polar surface area (TPSA) is 84.6 Å². The van der Waals surface area contributed by atoms with Crippen LogP contribution in [-0.2, 0) is 12.8 Å². The lowest BCUT2D eigenvalue weighted by Crippen LogP contribution is -2.38. The van der Waals surface area contributed by atoms with Crippen molar-refractivity contribution in [3.8, 4) is 5.75 Å². The van der Waals surface area contributed by atoms with E-state index in [9.17, 15) is 0 Å². The number of nitrogens with zero attached hydrogens (tertiary/aromatic N) is 3. The number of aryl methyl sites for hydroxylation is 2. The number of aliphatic imine (C=N–C) groups is 1. The lowest BCUT2D eigenvalue weighted by atomic mass is 10.1. The van der Waals surface area contributed by atoms with Crippen molar-refractivity contribution >= 4 is 29.9 Å². The lowest BCUT2D eigenvalue weighted by Gasteiger charge is -2.13. The van der Waals surface area contributed by atoms with E-state index in [1.165, 1.54) is 11.1 Å². The fourth-order valence-corrected chi connectivity index (χ4v) is 2.69. The molecule has 8 heteroatoms. The average Bonchev–Trinajstić information content (AvgIpc) is 3.13. The van der Waals surface area contributed by atoms with Crippen molar-refractivity contribution in [2.45, 2.75) is 46.0 Å². The molecule has 28 heavy (non-hydrogen) atoms. The predicted octanol–water partition coefficient (Wildman–Crippen LogP) is 3.47. The second kappa shape index (κ2) is 12.6. The predicted molar refractivity (Wildman–Crippen MR) is 123 cm³/mol. The van der Waals surface area contributed by atoms with E-state index in [0.717, 1.165) is 49.9 Å². The first-order valence-corrected chi connectivity index (χ1v) is 9.44. The number of rotatable bonds is 9. The van der Waals surface area contributed by atoms with Crippen LogP contribution in [0.4, 0.5) is 0 Å². The van der Waals surface area contributed by atoms with E-state index in [-0.39, 0.29) is 29.9 Å². The molecule has 0 saturated carbocycles. The Morgan fingerprint density at radius 2 is 1.96 bits per heavy atom. The van der Waals surface area contributed by atoms with Crippen molar-refractivity contribution in [3.63, 3.8) is 0 Å². The minimum absolute atomic E-state index is 0. The Hall–Kier alpha value is -1.84. The Labute approximate surface area is 184 Å². The molecule has 0 atom stereocenters. The van der Waals surface area contributed by atoms with Crippen LogP contribution in [0.1, 0.15) is 49.0 Å². The van der Waals surface area contributed by atoms with Crippen molar-refractivity contribution in [1.29, 1.82) is 0 Å². The highest BCUT2D eigenvalue weighted by molar-refractivity contribution is 14.0. The number of hydrogen-bond donors (Lipinski definition) is 2. The third kappa shape index (κ3) is 7.65. The molecule has 0 bridgehead atoms. The highest BCUT2D eigenvalue weighted by Gasteiger charge is 2.09. The van der Waals surface area contributed by atoms with Crippen LogP contribution in [0.2, 0.25) is 0 Å². The van der Waals surface area contributed by atoms with E-state index in [1.807, 2.05) is 6.07 Å². The Morgan fingerprint density at radius 1 is 1.21 bits per heavy atom. The van der Waals surface area contributed by atoms with Gasteiger partial charge in [-0.3, -0.25) is 4.99 Å². The highest BCUT2D eigenvalue weighted by atomic mass is 127. The standard InChI is InChI=1S/C20H31N5O2.HI/c1-14(2)19-24-18(27-25-19)7-6-11-22-20(21-4)23-12-10-16-13-15(3)8-9-17(16)26-5;/h8-9,13-14H,6-7,10-12H2,1-5H3,(H2,21,22,23);1H. The number of halogens is 1. The summed E-state index contributed by atoms with van der Waals surface area (Å²) in [4.78, 5) is 8.65. The van der Waals surface area contributed by atoms with Crippen molar-refractivity contribution in [3.05, 3.63) is 41.0 Å². The molecule has 0 amide bonds. The van der Waals surface area contributed by atoms with Gasteiger partial charge < -0.3 is 19.9 Å². The van der Waals surface area contributed by atoms with Crippen LogP contribution in [0.5, 0.6) is 5.75 Å². The Morgan fingerprint density at radius 3 is 2.61 bits per heavy atom. The fraction of sp³-hybridized carbons (Fsp3) is 0.550. The van der Waals surface area contributed by atoms with Gasteiger partial charge >= 0.3 is 0 Å². The van der Waals surface area contributed by atoms with Crippen LogP contribution < -0.4 is 15.4 Å². The van der Waals surface area contributed by atoms with E-state index in [4.69, 9.17) is 9.26 Å². The zero-order valence-corrected chi connectivity index (χ0v) is 19.7. The van der Waals surface area contributed by atoms with Crippen molar-refractivity contribution in [2.24, 2.45) is 4.99 Å². The summed E-state index contributed by atoms with van der Waals surface area (Å²) in [5, 5.41) is 10.6. The van der Waals surface area contributed by atoms with Gasteiger partial charge in [-0.15, -0.1) is 24.0 Å². The summed E-state index contributed by atoms with van der Waals surface area (Å²) in [5.41, 5.74) is 2.42. The third-order valence-corrected chi connectivity index (χ3v) is 4.21. The minimum Gasteiger partial charge on any atom is -0.496 e. The van der Waals surface area contributed by atoms with Crippen LogP contribution >= 0.6 is 24.0 Å². The molecule has 1 aromatic heterocycles. The van der Waals surface area contributed by atoms with Crippen molar-refractivity contribution in [2.75, 3.05) is 27.2 Å². The number of aromatic nitrogens is 2. The number of benzene rings is 1. The van der Waals surface area contributed by atoms with Gasteiger partial charge in [0.25, 0.3) is 0 Å². The summed E-state index contributed by atoms with van der Waals surface area (Å²) < 4.78 is 10.7. The second-order valence-electron chi connectivity index (χ2n) is 6.80. The molecule has 0 unspecified atom stereocenters. The summed E-state index contributed by atoms with van der Waals surface area (Å²) >= 11 is 0. The first-order chi connectivity index (χ1) is 13.0. The molecule has 1 aromatic carbocycles. The maximum absolute atomic E-state index is 5.43. The summed E-state index contributed by atoms with van der Waals surface area (Å²) in [6, 6.07) is 6.23. The number of methoxy groups -OCH3 is 1. The van der Waals surface area contributed by atoms with Gasteiger partial charge in [-0.25, -0.2) is 0 Å². The van der Waals surface area contributed by atoms with Gasteiger partial charge in [0, 0.05) is 32.5 Å². The Balaban J connectivity index is 0.00000392. The number of guanidine groups is 1. The maximum Gasteiger partial charge on any atom is 0.226 e. The van der Waals surface area contributed by atoms with Crippen LogP contribution in [0.3, 0.4) is 0 Å². The highest BCUT2D eigenvalue weighted by Crippen LogP contribution is 2.19. The molecule has 2 aromatic rings. The quantitative estimate of drug-likeness (QED) is 0.237. The van der Waals surface area contributed by atoms with Crippen LogP contribution in [0.15, 0.2) is 27.7 Å². The Kier molecular flexibility index (Phi) is 10.9. The van der Waals surface area contributed by atoms with E-state index >= 15 is 0 Å². The molecular weight excluding hydrogens is 469 g/mol. The molecule has 1 heterocycles. The molecule has 0 radical (unpaired) electrons. The van der Waals surface area contributed by atoms with Gasteiger partial charge in [-0.05, 0) is 31.4 Å². The summed E-state index contributed by atoms with van der Waals surface area (Å²) in [6.45, 7) is 7.76. The van der Waals surface area contributed by atoms with Gasteiger partial charge in [-0.2, -0.15) is 4.98 Å². The van der Waals surface area contributed by atoms with E-state index in [2.05, 4.69) is 58.7 Å². The number of ether oxygens (including phenoxy) is 1.